The summed E-state index contributed by atoms with van der Waals surface area (Å²) in [5.74, 6) is 0.850. The van der Waals surface area contributed by atoms with Crippen LogP contribution < -0.4 is 0 Å². The van der Waals surface area contributed by atoms with Crippen molar-refractivity contribution in [2.24, 2.45) is 0 Å². The third-order valence-corrected chi connectivity index (χ3v) is 4.38. The first-order valence-electron chi connectivity index (χ1n) is 8.05. The van der Waals surface area contributed by atoms with E-state index < -0.39 is 0 Å². The topological polar surface area (TPSA) is 79.7 Å². The van der Waals surface area contributed by atoms with Crippen LogP contribution in [-0.2, 0) is 19.6 Å². The lowest BCUT2D eigenvalue weighted by Gasteiger charge is -2.28. The zero-order chi connectivity index (χ0) is 17.2. The second kappa shape index (κ2) is 6.24. The number of amides is 1. The molecule has 0 unspecified atom stereocenters. The maximum Gasteiger partial charge on any atom is 0.254 e. The van der Waals surface area contributed by atoms with E-state index in [0.717, 1.165) is 11.5 Å². The van der Waals surface area contributed by atoms with E-state index >= 15 is 0 Å². The van der Waals surface area contributed by atoms with Crippen molar-refractivity contribution in [1.82, 2.24) is 24.2 Å². The third kappa shape index (κ3) is 2.90. The van der Waals surface area contributed by atoms with Crippen molar-refractivity contribution in [1.29, 1.82) is 5.26 Å². The van der Waals surface area contributed by atoms with Gasteiger partial charge < -0.3 is 9.47 Å². The van der Waals surface area contributed by atoms with Crippen LogP contribution in [0.2, 0.25) is 0 Å². The van der Waals surface area contributed by atoms with Gasteiger partial charge in [0.2, 0.25) is 0 Å². The lowest BCUT2D eigenvalue weighted by molar-refractivity contribution is 0.0706. The Balaban J connectivity index is 1.50. The van der Waals surface area contributed by atoms with Crippen LogP contribution in [0.3, 0.4) is 0 Å². The molecule has 0 fully saturated rings. The highest BCUT2D eigenvalue weighted by molar-refractivity contribution is 5.94. The van der Waals surface area contributed by atoms with Gasteiger partial charge in [-0.25, -0.2) is 4.98 Å². The monoisotopic (exact) mass is 332 g/mol. The minimum Gasteiger partial charge on any atom is -0.329 e. The van der Waals surface area contributed by atoms with Crippen LogP contribution >= 0.6 is 0 Å². The first kappa shape index (κ1) is 15.1. The van der Waals surface area contributed by atoms with Crippen molar-refractivity contribution in [2.45, 2.75) is 19.6 Å². The van der Waals surface area contributed by atoms with E-state index in [2.05, 4.69) is 20.7 Å². The number of carbonyl (C=O) groups is 1. The standard InChI is InChI=1S/C18H16N6O/c19-10-14-2-4-15(5-3-14)18(25)22-8-9-24-16(11-20-17(24)13-22)12-23-7-1-6-21-23/h1-7,11H,8-9,12-13H2. The van der Waals surface area contributed by atoms with Gasteiger partial charge in [0.1, 0.15) is 5.82 Å². The molecule has 0 aliphatic carbocycles. The summed E-state index contributed by atoms with van der Waals surface area (Å²) in [7, 11) is 0. The SMILES string of the molecule is N#Cc1ccc(C(=O)N2CCn3c(Cn4cccn4)cnc3C2)cc1. The summed E-state index contributed by atoms with van der Waals surface area (Å²) >= 11 is 0. The number of carbonyl (C=O) groups excluding carboxylic acids is 1. The number of fused-ring (bicyclic) bond motifs is 1. The number of benzene rings is 1. The molecule has 0 N–H and O–H groups in total. The molecule has 3 heterocycles. The van der Waals surface area contributed by atoms with Crippen LogP contribution in [0.5, 0.6) is 0 Å². The van der Waals surface area contributed by atoms with Crippen molar-refractivity contribution >= 4 is 5.91 Å². The Morgan fingerprint density at radius 1 is 1.24 bits per heavy atom. The minimum absolute atomic E-state index is 0.0348. The van der Waals surface area contributed by atoms with E-state index in [-0.39, 0.29) is 5.91 Å². The van der Waals surface area contributed by atoms with Gasteiger partial charge in [0.05, 0.1) is 36.6 Å². The smallest absolute Gasteiger partial charge is 0.254 e. The third-order valence-electron chi connectivity index (χ3n) is 4.38. The Morgan fingerprint density at radius 2 is 2.08 bits per heavy atom. The van der Waals surface area contributed by atoms with Gasteiger partial charge in [0.15, 0.2) is 0 Å². The Labute approximate surface area is 144 Å². The van der Waals surface area contributed by atoms with Gasteiger partial charge in [-0.3, -0.25) is 9.48 Å². The predicted molar refractivity (Wildman–Crippen MR) is 89.5 cm³/mol. The molecular formula is C18H16N6O. The maximum atomic E-state index is 12.7. The van der Waals surface area contributed by atoms with Gasteiger partial charge in [-0.05, 0) is 30.3 Å². The fourth-order valence-electron chi connectivity index (χ4n) is 3.05. The first-order chi connectivity index (χ1) is 12.2. The van der Waals surface area contributed by atoms with E-state index in [1.165, 1.54) is 0 Å². The summed E-state index contributed by atoms with van der Waals surface area (Å²) in [5.41, 5.74) is 2.23. The molecule has 0 bridgehead atoms. The summed E-state index contributed by atoms with van der Waals surface area (Å²) in [5, 5.41) is 13.1. The number of nitriles is 1. The second-order valence-corrected chi connectivity index (χ2v) is 5.94. The van der Waals surface area contributed by atoms with Gasteiger partial charge in [-0.1, -0.05) is 0 Å². The van der Waals surface area contributed by atoms with Gasteiger partial charge >= 0.3 is 0 Å². The van der Waals surface area contributed by atoms with Crippen LogP contribution in [-0.4, -0.2) is 36.7 Å². The molecule has 1 amide bonds. The number of rotatable bonds is 3. The molecule has 7 nitrogen and oxygen atoms in total. The fraction of sp³-hybridized carbons (Fsp3) is 0.222. The zero-order valence-corrected chi connectivity index (χ0v) is 13.5. The minimum atomic E-state index is -0.0348. The molecule has 0 spiro atoms. The Bertz CT molecular complexity index is 933. The average Bonchev–Trinajstić information content (AvgIpc) is 3.31. The Hall–Kier alpha value is -3.40. The molecule has 0 atom stereocenters. The van der Waals surface area contributed by atoms with Crippen LogP contribution in [0.1, 0.15) is 27.4 Å². The Kier molecular flexibility index (Phi) is 3.78. The van der Waals surface area contributed by atoms with Crippen LogP contribution in [0.4, 0.5) is 0 Å². The van der Waals surface area contributed by atoms with Crippen molar-refractivity contribution in [2.75, 3.05) is 6.54 Å². The van der Waals surface area contributed by atoms with Gasteiger partial charge in [-0.15, -0.1) is 0 Å². The number of hydrogen-bond acceptors (Lipinski definition) is 4. The molecule has 1 aliphatic heterocycles. The summed E-state index contributed by atoms with van der Waals surface area (Å²) in [6.07, 6.45) is 5.53. The van der Waals surface area contributed by atoms with Crippen molar-refractivity contribution in [3.8, 4) is 6.07 Å². The van der Waals surface area contributed by atoms with Crippen LogP contribution in [0.25, 0.3) is 0 Å². The predicted octanol–water partition coefficient (Wildman–Crippen LogP) is 1.66. The largest absolute Gasteiger partial charge is 0.329 e. The number of nitrogens with zero attached hydrogens (tertiary/aromatic N) is 6. The molecule has 0 saturated heterocycles. The van der Waals surface area contributed by atoms with Gasteiger partial charge in [0.25, 0.3) is 5.91 Å². The fourth-order valence-corrected chi connectivity index (χ4v) is 3.05. The molecule has 1 aliphatic rings. The summed E-state index contributed by atoms with van der Waals surface area (Å²) in [4.78, 5) is 18.9. The second-order valence-electron chi connectivity index (χ2n) is 5.94. The van der Waals surface area contributed by atoms with Crippen LogP contribution in [0.15, 0.2) is 48.9 Å². The number of imidazole rings is 1. The highest BCUT2D eigenvalue weighted by atomic mass is 16.2. The highest BCUT2D eigenvalue weighted by Crippen LogP contribution is 2.17. The summed E-state index contributed by atoms with van der Waals surface area (Å²) in [6.45, 7) is 2.50. The molecule has 7 heteroatoms. The lowest BCUT2D eigenvalue weighted by Crippen LogP contribution is -2.38. The molecule has 0 radical (unpaired) electrons. The molecule has 0 saturated carbocycles. The maximum absolute atomic E-state index is 12.7. The van der Waals surface area contributed by atoms with Gasteiger partial charge in [-0.2, -0.15) is 10.4 Å². The average molecular weight is 332 g/mol. The molecule has 1 aromatic carbocycles. The molecule has 4 rings (SSSR count). The molecular weight excluding hydrogens is 316 g/mol. The van der Waals surface area contributed by atoms with Crippen molar-refractivity contribution < 1.29 is 4.79 Å². The van der Waals surface area contributed by atoms with E-state index in [1.54, 1.807) is 35.4 Å². The zero-order valence-electron chi connectivity index (χ0n) is 13.5. The van der Waals surface area contributed by atoms with E-state index in [1.807, 2.05) is 23.1 Å². The lowest BCUT2D eigenvalue weighted by atomic mass is 10.1. The number of hydrogen-bond donors (Lipinski definition) is 0. The van der Waals surface area contributed by atoms with Crippen LogP contribution in [0, 0.1) is 11.3 Å². The van der Waals surface area contributed by atoms with Crippen molar-refractivity contribution in [3.05, 3.63) is 71.6 Å². The quantitative estimate of drug-likeness (QED) is 0.730. The van der Waals surface area contributed by atoms with E-state index in [4.69, 9.17) is 5.26 Å². The normalized spacial score (nSPS) is 13.3. The molecule has 25 heavy (non-hydrogen) atoms. The molecule has 124 valence electrons. The first-order valence-corrected chi connectivity index (χ1v) is 8.05. The summed E-state index contributed by atoms with van der Waals surface area (Å²) in [6, 6.07) is 10.7. The molecule has 3 aromatic rings. The Morgan fingerprint density at radius 3 is 2.80 bits per heavy atom. The summed E-state index contributed by atoms with van der Waals surface area (Å²) < 4.78 is 4.02. The van der Waals surface area contributed by atoms with Crippen molar-refractivity contribution in [3.63, 3.8) is 0 Å². The van der Waals surface area contributed by atoms with E-state index in [9.17, 15) is 4.79 Å². The van der Waals surface area contributed by atoms with Gasteiger partial charge in [0, 0.05) is 31.0 Å². The highest BCUT2D eigenvalue weighted by Gasteiger charge is 2.24. The number of aromatic nitrogens is 4. The van der Waals surface area contributed by atoms with E-state index in [0.29, 0.717) is 37.3 Å². The molecule has 2 aromatic heterocycles.